The van der Waals surface area contributed by atoms with E-state index < -0.39 is 0 Å². The van der Waals surface area contributed by atoms with Gasteiger partial charge in [0.1, 0.15) is 0 Å². The number of rotatable bonds is 4. The minimum atomic E-state index is 0.931. The topological polar surface area (TPSA) is 25.8 Å². The van der Waals surface area contributed by atoms with Gasteiger partial charge in [0.15, 0.2) is 0 Å². The van der Waals surface area contributed by atoms with Crippen LogP contribution in [-0.2, 0) is 0 Å². The Balaban J connectivity index is 1.21. The van der Waals surface area contributed by atoms with Gasteiger partial charge in [-0.15, -0.1) is 0 Å². The fraction of sp³-hybridized carbons (Fsp3) is 0. The standard InChI is InChI=1S/C52H32N2/c1-3-18-38-33(12-1)14-7-22-40(38)50-42-20-5-6-21-43(42)51(41-23-8-15-34-13-2-4-19-39(34)41)46-32-37(29-30-44(46)50)47-25-10-26-48(54-47)45-24-9-16-35-27-28-36-17-11-31-53-52(36)49(35)45/h1-32H. The van der Waals surface area contributed by atoms with Crippen molar-refractivity contribution >= 4 is 64.8 Å². The van der Waals surface area contributed by atoms with Crippen LogP contribution in [0, 0.1) is 0 Å². The van der Waals surface area contributed by atoms with Crippen LogP contribution in [0.5, 0.6) is 0 Å². The van der Waals surface area contributed by atoms with Gasteiger partial charge in [-0.05, 0) is 95.0 Å². The zero-order valence-corrected chi connectivity index (χ0v) is 29.4. The Morgan fingerprint density at radius 2 is 0.833 bits per heavy atom. The summed E-state index contributed by atoms with van der Waals surface area (Å²) < 4.78 is 0. The van der Waals surface area contributed by atoms with Crippen molar-refractivity contribution in [3.05, 3.63) is 194 Å². The lowest BCUT2D eigenvalue weighted by atomic mass is 9.83. The van der Waals surface area contributed by atoms with Gasteiger partial charge in [0.2, 0.25) is 0 Å². The number of hydrogen-bond acceptors (Lipinski definition) is 2. The molecule has 0 amide bonds. The van der Waals surface area contributed by atoms with Gasteiger partial charge in [0.25, 0.3) is 0 Å². The van der Waals surface area contributed by atoms with Crippen molar-refractivity contribution in [3.8, 4) is 44.8 Å². The summed E-state index contributed by atoms with van der Waals surface area (Å²) in [6.07, 6.45) is 1.88. The van der Waals surface area contributed by atoms with E-state index in [1.54, 1.807) is 0 Å². The van der Waals surface area contributed by atoms with Gasteiger partial charge in [-0.2, -0.15) is 0 Å². The van der Waals surface area contributed by atoms with Crippen molar-refractivity contribution in [3.63, 3.8) is 0 Å². The molecule has 0 saturated carbocycles. The molecule has 0 aliphatic carbocycles. The largest absolute Gasteiger partial charge is 0.256 e. The molecule has 0 unspecified atom stereocenters. The number of pyridine rings is 2. The van der Waals surface area contributed by atoms with Crippen LogP contribution in [-0.4, -0.2) is 9.97 Å². The van der Waals surface area contributed by atoms with E-state index in [1.165, 1.54) is 65.3 Å². The predicted octanol–water partition coefficient (Wildman–Crippen LogP) is 14.1. The van der Waals surface area contributed by atoms with E-state index in [0.29, 0.717) is 0 Å². The Labute approximate surface area is 312 Å². The van der Waals surface area contributed by atoms with Crippen molar-refractivity contribution in [2.75, 3.05) is 0 Å². The third kappa shape index (κ3) is 4.74. The van der Waals surface area contributed by atoms with Crippen LogP contribution in [0.4, 0.5) is 0 Å². The lowest BCUT2D eigenvalue weighted by molar-refractivity contribution is 1.33. The van der Waals surface area contributed by atoms with Gasteiger partial charge in [-0.3, -0.25) is 4.98 Å². The zero-order valence-electron chi connectivity index (χ0n) is 29.4. The molecule has 11 aromatic rings. The second kappa shape index (κ2) is 12.2. The fourth-order valence-electron chi connectivity index (χ4n) is 8.68. The van der Waals surface area contributed by atoms with Crippen molar-refractivity contribution in [1.29, 1.82) is 0 Å². The minimum Gasteiger partial charge on any atom is -0.256 e. The Morgan fingerprint density at radius 1 is 0.315 bits per heavy atom. The maximum atomic E-state index is 5.39. The van der Waals surface area contributed by atoms with Crippen molar-refractivity contribution in [1.82, 2.24) is 9.97 Å². The second-order valence-electron chi connectivity index (χ2n) is 14.1. The number of nitrogens with zero attached hydrogens (tertiary/aromatic N) is 2. The quantitative estimate of drug-likeness (QED) is 0.136. The Bertz CT molecular complexity index is 3280. The smallest absolute Gasteiger partial charge is 0.0787 e. The summed E-state index contributed by atoms with van der Waals surface area (Å²) in [6.45, 7) is 0. The molecule has 0 fully saturated rings. The number of aromatic nitrogens is 2. The first-order chi connectivity index (χ1) is 26.8. The average Bonchev–Trinajstić information content (AvgIpc) is 3.25. The molecular formula is C52H32N2. The fourth-order valence-corrected chi connectivity index (χ4v) is 8.68. The lowest BCUT2D eigenvalue weighted by Gasteiger charge is -2.20. The van der Waals surface area contributed by atoms with E-state index >= 15 is 0 Å². The highest BCUT2D eigenvalue weighted by Gasteiger charge is 2.20. The molecule has 2 nitrogen and oxygen atoms in total. The zero-order chi connectivity index (χ0) is 35.6. The molecule has 11 rings (SSSR count). The highest BCUT2D eigenvalue weighted by Crippen LogP contribution is 2.47. The van der Waals surface area contributed by atoms with E-state index in [0.717, 1.165) is 44.2 Å². The molecule has 2 aromatic heterocycles. The van der Waals surface area contributed by atoms with Gasteiger partial charge >= 0.3 is 0 Å². The van der Waals surface area contributed by atoms with Gasteiger partial charge < -0.3 is 0 Å². The molecule has 0 radical (unpaired) electrons. The maximum Gasteiger partial charge on any atom is 0.0787 e. The van der Waals surface area contributed by atoms with Crippen LogP contribution in [0.1, 0.15) is 0 Å². The van der Waals surface area contributed by atoms with Gasteiger partial charge in [0, 0.05) is 28.1 Å². The Hall–Kier alpha value is -7.16. The SMILES string of the molecule is c1cc(-c2ccc3c(-c4cccc5ccccc45)c4ccccc4c(-c4cccc5ccccc45)c3c2)nc(-c2cccc3ccc4cccnc4c23)c1. The Morgan fingerprint density at radius 3 is 1.56 bits per heavy atom. The summed E-state index contributed by atoms with van der Waals surface area (Å²) in [5.41, 5.74) is 9.99. The minimum absolute atomic E-state index is 0.931. The number of fused-ring (bicyclic) bond motifs is 7. The summed E-state index contributed by atoms with van der Waals surface area (Å²) in [5, 5.41) is 13.3. The van der Waals surface area contributed by atoms with Crippen LogP contribution in [0.25, 0.3) is 110 Å². The normalized spacial score (nSPS) is 11.7. The van der Waals surface area contributed by atoms with E-state index in [9.17, 15) is 0 Å². The van der Waals surface area contributed by atoms with Crippen molar-refractivity contribution in [2.24, 2.45) is 0 Å². The summed E-state index contributed by atoms with van der Waals surface area (Å²) in [7, 11) is 0. The maximum absolute atomic E-state index is 5.39. The van der Waals surface area contributed by atoms with Crippen molar-refractivity contribution < 1.29 is 0 Å². The van der Waals surface area contributed by atoms with E-state index in [-0.39, 0.29) is 0 Å². The molecule has 0 N–H and O–H groups in total. The molecular weight excluding hydrogens is 653 g/mol. The first-order valence-corrected chi connectivity index (χ1v) is 18.5. The summed E-state index contributed by atoms with van der Waals surface area (Å²) in [5.74, 6) is 0. The van der Waals surface area contributed by atoms with E-state index in [4.69, 9.17) is 9.97 Å². The molecule has 2 heteroatoms. The molecule has 54 heavy (non-hydrogen) atoms. The molecule has 250 valence electrons. The van der Waals surface area contributed by atoms with Crippen molar-refractivity contribution in [2.45, 2.75) is 0 Å². The predicted molar refractivity (Wildman–Crippen MR) is 229 cm³/mol. The van der Waals surface area contributed by atoms with Gasteiger partial charge in [0.05, 0.1) is 16.9 Å². The second-order valence-corrected chi connectivity index (χ2v) is 14.1. The lowest BCUT2D eigenvalue weighted by Crippen LogP contribution is -1.94. The molecule has 9 aromatic carbocycles. The monoisotopic (exact) mass is 684 g/mol. The summed E-state index contributed by atoms with van der Waals surface area (Å²) in [6, 6.07) is 68.0. The number of benzene rings is 9. The first-order valence-electron chi connectivity index (χ1n) is 18.5. The third-order valence-corrected chi connectivity index (χ3v) is 11.1. The molecule has 0 bridgehead atoms. The van der Waals surface area contributed by atoms with Crippen LogP contribution in [0.3, 0.4) is 0 Å². The van der Waals surface area contributed by atoms with Crippen LogP contribution in [0.15, 0.2) is 194 Å². The summed E-state index contributed by atoms with van der Waals surface area (Å²) >= 11 is 0. The van der Waals surface area contributed by atoms with Crippen LogP contribution < -0.4 is 0 Å². The molecule has 0 saturated heterocycles. The molecule has 0 atom stereocenters. The summed E-state index contributed by atoms with van der Waals surface area (Å²) in [4.78, 5) is 10.2. The highest BCUT2D eigenvalue weighted by atomic mass is 14.7. The first kappa shape index (κ1) is 30.5. The molecule has 0 spiro atoms. The molecule has 2 heterocycles. The Kier molecular flexibility index (Phi) is 6.90. The molecule has 0 aliphatic rings. The number of hydrogen-bond donors (Lipinski definition) is 0. The van der Waals surface area contributed by atoms with Gasteiger partial charge in [-0.25, -0.2) is 4.98 Å². The third-order valence-electron chi connectivity index (χ3n) is 11.1. The molecule has 0 aliphatic heterocycles. The van der Waals surface area contributed by atoms with Gasteiger partial charge in [-0.1, -0.05) is 164 Å². The van der Waals surface area contributed by atoms with E-state index in [2.05, 4.69) is 182 Å². The highest BCUT2D eigenvalue weighted by molar-refractivity contribution is 6.25. The average molecular weight is 685 g/mol. The van der Waals surface area contributed by atoms with Crippen LogP contribution >= 0.6 is 0 Å². The van der Waals surface area contributed by atoms with E-state index in [1.807, 2.05) is 12.3 Å². The van der Waals surface area contributed by atoms with Crippen LogP contribution in [0.2, 0.25) is 0 Å².